The van der Waals surface area contributed by atoms with Gasteiger partial charge in [0.15, 0.2) is 0 Å². The molecule has 0 bridgehead atoms. The molecule has 1 heterocycles. The van der Waals surface area contributed by atoms with Gasteiger partial charge in [-0.05, 0) is 20.8 Å². The van der Waals surface area contributed by atoms with Gasteiger partial charge in [-0.2, -0.15) is 5.26 Å². The van der Waals surface area contributed by atoms with E-state index in [4.69, 9.17) is 10.00 Å². The van der Waals surface area contributed by atoms with Crippen LogP contribution < -0.4 is 5.32 Å². The number of aliphatic hydroxyl groups is 1. The lowest BCUT2D eigenvalue weighted by molar-refractivity contribution is -0.0321. The second-order valence-corrected chi connectivity index (χ2v) is 5.74. The van der Waals surface area contributed by atoms with E-state index in [0.717, 1.165) is 4.90 Å². The molecule has 0 spiro atoms. The summed E-state index contributed by atoms with van der Waals surface area (Å²) >= 11 is 0. The topological polar surface area (TPSA) is 85.6 Å². The molecule has 0 aromatic carbocycles. The lowest BCUT2D eigenvalue weighted by Crippen LogP contribution is -2.47. The Balaban J connectivity index is 2.49. The van der Waals surface area contributed by atoms with Crippen LogP contribution in [0.5, 0.6) is 0 Å². The number of carbonyl (C=O) groups excluding carboxylic acids is 1. The van der Waals surface area contributed by atoms with Gasteiger partial charge in [-0.3, -0.25) is 4.90 Å². The molecule has 0 aromatic heterocycles. The second-order valence-electron chi connectivity index (χ2n) is 5.74. The highest BCUT2D eigenvalue weighted by Gasteiger charge is 2.47. The Labute approximate surface area is 116 Å². The van der Waals surface area contributed by atoms with E-state index < -0.39 is 42.9 Å². The van der Waals surface area contributed by atoms with Crippen LogP contribution in [-0.4, -0.2) is 53.0 Å². The molecular weight excluding hydrogens is 272 g/mol. The summed E-state index contributed by atoms with van der Waals surface area (Å²) < 4.78 is 31.3. The average Bonchev–Trinajstić information content (AvgIpc) is 2.59. The maximum Gasteiger partial charge on any atom is 0.407 e. The molecule has 6 nitrogen and oxygen atoms in total. The zero-order valence-electron chi connectivity index (χ0n) is 11.7. The number of likely N-dealkylation sites (tertiary alicyclic amines) is 1. The normalized spacial score (nSPS) is 23.9. The lowest BCUT2D eigenvalue weighted by atomic mass is 10.2. The summed E-state index contributed by atoms with van der Waals surface area (Å²) in [5.74, 6) is -3.01. The monoisotopic (exact) mass is 291 g/mol. The molecule has 1 aliphatic heterocycles. The quantitative estimate of drug-likeness (QED) is 0.812. The van der Waals surface area contributed by atoms with Crippen LogP contribution in [0.15, 0.2) is 0 Å². The molecule has 2 atom stereocenters. The van der Waals surface area contributed by atoms with E-state index in [2.05, 4.69) is 5.32 Å². The van der Waals surface area contributed by atoms with Crippen LogP contribution >= 0.6 is 0 Å². The van der Waals surface area contributed by atoms with E-state index >= 15 is 0 Å². The number of hydrogen-bond acceptors (Lipinski definition) is 5. The van der Waals surface area contributed by atoms with Crippen LogP contribution in [0.1, 0.15) is 27.2 Å². The minimum atomic E-state index is -3.01. The highest BCUT2D eigenvalue weighted by Crippen LogP contribution is 2.32. The number of nitrogens with zero attached hydrogens (tertiary/aromatic N) is 2. The lowest BCUT2D eigenvalue weighted by Gasteiger charge is -2.26. The number of halogens is 2. The first-order chi connectivity index (χ1) is 9.04. The first-order valence-corrected chi connectivity index (χ1v) is 6.22. The Bertz CT molecular complexity index is 404. The van der Waals surface area contributed by atoms with Gasteiger partial charge in [-0.25, -0.2) is 13.6 Å². The van der Waals surface area contributed by atoms with Crippen LogP contribution in [0.2, 0.25) is 0 Å². The van der Waals surface area contributed by atoms with Gasteiger partial charge in [0.05, 0.1) is 19.2 Å². The van der Waals surface area contributed by atoms with Crippen LogP contribution in [0.4, 0.5) is 13.6 Å². The molecule has 2 N–H and O–H groups in total. The minimum absolute atomic E-state index is 0.289. The smallest absolute Gasteiger partial charge is 0.407 e. The third kappa shape index (κ3) is 4.90. The van der Waals surface area contributed by atoms with Crippen LogP contribution in [0.3, 0.4) is 0 Å². The van der Waals surface area contributed by atoms with Gasteiger partial charge in [-0.15, -0.1) is 0 Å². The molecule has 0 radical (unpaired) electrons. The fourth-order valence-corrected chi connectivity index (χ4v) is 1.88. The van der Waals surface area contributed by atoms with E-state index in [1.165, 1.54) is 0 Å². The fourth-order valence-electron chi connectivity index (χ4n) is 1.88. The number of rotatable bonds is 3. The van der Waals surface area contributed by atoms with Crippen molar-refractivity contribution in [2.24, 2.45) is 0 Å². The third-order valence-corrected chi connectivity index (χ3v) is 2.67. The number of aliphatic hydroxyl groups excluding tert-OH is 1. The second kappa shape index (κ2) is 5.89. The van der Waals surface area contributed by atoms with Gasteiger partial charge in [0, 0.05) is 6.42 Å². The standard InChI is InChI=1S/C12H19F2N3O3/c1-11(2,3)20-10(19)16-6-9(18)17-7-12(13,14)4-8(17)5-15/h8-9,18H,4,6-7H2,1-3H3,(H,16,19)/t8-,9-/m0/s1. The van der Waals surface area contributed by atoms with Gasteiger partial charge in [-0.1, -0.05) is 0 Å². The molecule has 20 heavy (non-hydrogen) atoms. The Morgan fingerprint density at radius 1 is 1.65 bits per heavy atom. The van der Waals surface area contributed by atoms with E-state index in [0.29, 0.717) is 0 Å². The number of amides is 1. The predicted octanol–water partition coefficient (Wildman–Crippen LogP) is 1.06. The van der Waals surface area contributed by atoms with E-state index in [-0.39, 0.29) is 6.54 Å². The maximum absolute atomic E-state index is 13.2. The maximum atomic E-state index is 13.2. The Morgan fingerprint density at radius 2 is 2.25 bits per heavy atom. The highest BCUT2D eigenvalue weighted by molar-refractivity contribution is 5.67. The molecular formula is C12H19F2N3O3. The summed E-state index contributed by atoms with van der Waals surface area (Å²) in [6.07, 6.45) is -2.73. The molecule has 1 saturated heterocycles. The molecule has 0 aromatic rings. The van der Waals surface area contributed by atoms with Crippen molar-refractivity contribution < 1.29 is 23.4 Å². The minimum Gasteiger partial charge on any atom is -0.444 e. The van der Waals surface area contributed by atoms with Crippen LogP contribution in [-0.2, 0) is 4.74 Å². The number of alkyl halides is 2. The van der Waals surface area contributed by atoms with Gasteiger partial charge in [0.25, 0.3) is 5.92 Å². The molecule has 1 aliphatic rings. The van der Waals surface area contributed by atoms with Crippen molar-refractivity contribution >= 4 is 6.09 Å². The summed E-state index contributed by atoms with van der Waals surface area (Å²) in [5, 5.41) is 20.9. The third-order valence-electron chi connectivity index (χ3n) is 2.67. The number of hydrogen-bond donors (Lipinski definition) is 2. The zero-order valence-corrected chi connectivity index (χ0v) is 11.7. The molecule has 0 unspecified atom stereocenters. The summed E-state index contributed by atoms with van der Waals surface area (Å²) in [5.41, 5.74) is -0.690. The van der Waals surface area contributed by atoms with Gasteiger partial charge >= 0.3 is 6.09 Å². The molecule has 8 heteroatoms. The van der Waals surface area contributed by atoms with Crippen molar-refractivity contribution in [2.75, 3.05) is 13.1 Å². The number of nitriles is 1. The SMILES string of the molecule is CC(C)(C)OC(=O)NC[C@H](O)N1CC(F)(F)C[C@H]1C#N. The number of nitrogens with one attached hydrogen (secondary N) is 1. The van der Waals surface area contributed by atoms with E-state index in [9.17, 15) is 18.7 Å². The van der Waals surface area contributed by atoms with Gasteiger partial charge in [0.2, 0.25) is 0 Å². The molecule has 1 rings (SSSR count). The first kappa shape index (κ1) is 16.6. The van der Waals surface area contributed by atoms with Crippen molar-refractivity contribution in [3.05, 3.63) is 0 Å². The molecule has 1 amide bonds. The van der Waals surface area contributed by atoms with Crippen molar-refractivity contribution in [2.45, 2.75) is 51.0 Å². The fraction of sp³-hybridized carbons (Fsp3) is 0.833. The predicted molar refractivity (Wildman–Crippen MR) is 65.9 cm³/mol. The van der Waals surface area contributed by atoms with E-state index in [1.807, 2.05) is 0 Å². The summed E-state index contributed by atoms with van der Waals surface area (Å²) in [6.45, 7) is 4.03. The number of carbonyl (C=O) groups is 1. The Morgan fingerprint density at radius 3 is 2.75 bits per heavy atom. The molecule has 1 fully saturated rings. The van der Waals surface area contributed by atoms with Gasteiger partial charge < -0.3 is 15.2 Å². The molecule has 114 valence electrons. The van der Waals surface area contributed by atoms with E-state index in [1.54, 1.807) is 26.8 Å². The zero-order chi connectivity index (χ0) is 15.6. The summed E-state index contributed by atoms with van der Waals surface area (Å²) in [4.78, 5) is 12.3. The van der Waals surface area contributed by atoms with Crippen molar-refractivity contribution in [3.8, 4) is 6.07 Å². The van der Waals surface area contributed by atoms with Crippen LogP contribution in [0, 0.1) is 11.3 Å². The van der Waals surface area contributed by atoms with Gasteiger partial charge in [0.1, 0.15) is 17.9 Å². The summed E-state index contributed by atoms with van der Waals surface area (Å²) in [6, 6.07) is 0.649. The number of alkyl carbamates (subject to hydrolysis) is 1. The summed E-state index contributed by atoms with van der Waals surface area (Å²) in [7, 11) is 0. The molecule has 0 saturated carbocycles. The first-order valence-electron chi connectivity index (χ1n) is 6.22. The van der Waals surface area contributed by atoms with Crippen molar-refractivity contribution in [1.29, 1.82) is 5.26 Å². The highest BCUT2D eigenvalue weighted by atomic mass is 19.3. The Hall–Kier alpha value is -1.46. The molecule has 0 aliphatic carbocycles. The Kier molecular flexibility index (Phi) is 4.89. The van der Waals surface area contributed by atoms with Crippen molar-refractivity contribution in [3.63, 3.8) is 0 Å². The van der Waals surface area contributed by atoms with Crippen molar-refractivity contribution in [1.82, 2.24) is 10.2 Å². The van der Waals surface area contributed by atoms with Crippen LogP contribution in [0.25, 0.3) is 0 Å². The number of ether oxygens (including phenoxy) is 1. The largest absolute Gasteiger partial charge is 0.444 e. The average molecular weight is 291 g/mol.